The molecule has 0 aliphatic carbocycles. The van der Waals surface area contributed by atoms with Crippen LogP contribution in [0.1, 0.15) is 19.3 Å². The van der Waals surface area contributed by atoms with E-state index >= 15 is 0 Å². The monoisotopic (exact) mass is 200 g/mol. The highest BCUT2D eigenvalue weighted by molar-refractivity contribution is 5.86. The molecule has 0 aromatic carbocycles. The number of carbonyl (C=O) groups is 2. The molecule has 1 unspecified atom stereocenters. The Kier molecular flexibility index (Phi) is 3.88. The van der Waals surface area contributed by atoms with Gasteiger partial charge in [0.25, 0.3) is 0 Å². The highest BCUT2D eigenvalue weighted by Gasteiger charge is 2.24. The molecule has 1 fully saturated rings. The van der Waals surface area contributed by atoms with Gasteiger partial charge < -0.3 is 15.4 Å². The molecule has 0 aromatic rings. The second-order valence-electron chi connectivity index (χ2n) is 3.42. The summed E-state index contributed by atoms with van der Waals surface area (Å²) in [6.45, 7) is 1.57. The first kappa shape index (κ1) is 11.0. The van der Waals surface area contributed by atoms with Crippen LogP contribution < -0.4 is 5.73 Å². The van der Waals surface area contributed by atoms with Gasteiger partial charge in [-0.2, -0.15) is 0 Å². The molecule has 1 atom stereocenters. The topological polar surface area (TPSA) is 72.6 Å². The molecule has 0 aromatic heterocycles. The Morgan fingerprint density at radius 1 is 1.43 bits per heavy atom. The number of carbonyl (C=O) groups excluding carboxylic acids is 2. The van der Waals surface area contributed by atoms with E-state index in [0.29, 0.717) is 0 Å². The van der Waals surface area contributed by atoms with Gasteiger partial charge in [-0.3, -0.25) is 9.59 Å². The third-order valence-electron chi connectivity index (χ3n) is 2.42. The highest BCUT2D eigenvalue weighted by Crippen LogP contribution is 2.10. The van der Waals surface area contributed by atoms with Gasteiger partial charge in [0, 0.05) is 20.2 Å². The SMILES string of the molecule is COC(CC(=O)N1CCCC1)C(N)=O. The molecule has 2 N–H and O–H groups in total. The van der Waals surface area contributed by atoms with E-state index in [4.69, 9.17) is 10.5 Å². The van der Waals surface area contributed by atoms with Crippen molar-refractivity contribution in [3.05, 3.63) is 0 Å². The van der Waals surface area contributed by atoms with E-state index in [1.54, 1.807) is 4.90 Å². The quantitative estimate of drug-likeness (QED) is 0.665. The van der Waals surface area contributed by atoms with Gasteiger partial charge in [-0.15, -0.1) is 0 Å². The van der Waals surface area contributed by atoms with E-state index in [-0.39, 0.29) is 12.3 Å². The fourth-order valence-electron chi connectivity index (χ4n) is 1.55. The predicted octanol–water partition coefficient (Wildman–Crippen LogP) is -0.501. The molecule has 5 heteroatoms. The number of likely N-dealkylation sites (tertiary alicyclic amines) is 1. The summed E-state index contributed by atoms with van der Waals surface area (Å²) < 4.78 is 4.82. The maximum Gasteiger partial charge on any atom is 0.247 e. The average Bonchev–Trinajstić information content (AvgIpc) is 2.65. The van der Waals surface area contributed by atoms with Gasteiger partial charge in [0.15, 0.2) is 0 Å². The van der Waals surface area contributed by atoms with Crippen molar-refractivity contribution in [2.75, 3.05) is 20.2 Å². The Balaban J connectivity index is 2.41. The normalized spacial score (nSPS) is 18.2. The number of hydrogen-bond acceptors (Lipinski definition) is 3. The number of nitrogens with two attached hydrogens (primary N) is 1. The molecule has 80 valence electrons. The first-order valence-electron chi connectivity index (χ1n) is 4.75. The lowest BCUT2D eigenvalue weighted by molar-refractivity contribution is -0.138. The van der Waals surface area contributed by atoms with Crippen molar-refractivity contribution in [1.82, 2.24) is 4.90 Å². The van der Waals surface area contributed by atoms with E-state index < -0.39 is 12.0 Å². The number of rotatable bonds is 4. The molecule has 0 spiro atoms. The van der Waals surface area contributed by atoms with E-state index in [0.717, 1.165) is 25.9 Å². The largest absolute Gasteiger partial charge is 0.371 e. The second-order valence-corrected chi connectivity index (χ2v) is 3.42. The minimum absolute atomic E-state index is 0.0480. The van der Waals surface area contributed by atoms with Crippen LogP contribution >= 0.6 is 0 Å². The summed E-state index contributed by atoms with van der Waals surface area (Å²) in [5.41, 5.74) is 5.06. The summed E-state index contributed by atoms with van der Waals surface area (Å²) in [4.78, 5) is 24.1. The number of primary amides is 1. The van der Waals surface area contributed by atoms with Crippen molar-refractivity contribution in [1.29, 1.82) is 0 Å². The fourth-order valence-corrected chi connectivity index (χ4v) is 1.55. The van der Waals surface area contributed by atoms with E-state index in [1.807, 2.05) is 0 Å². The minimum atomic E-state index is -0.789. The summed E-state index contributed by atoms with van der Waals surface area (Å²) >= 11 is 0. The van der Waals surface area contributed by atoms with E-state index in [9.17, 15) is 9.59 Å². The van der Waals surface area contributed by atoms with Gasteiger partial charge in [-0.05, 0) is 12.8 Å². The van der Waals surface area contributed by atoms with Crippen molar-refractivity contribution >= 4 is 11.8 Å². The standard InChI is InChI=1S/C9H16N2O3/c1-14-7(9(10)13)6-8(12)11-4-2-3-5-11/h7H,2-6H2,1H3,(H2,10,13). The van der Waals surface area contributed by atoms with Crippen LogP contribution in [0.4, 0.5) is 0 Å². The summed E-state index contributed by atoms with van der Waals surface area (Å²) in [6, 6.07) is 0. The zero-order chi connectivity index (χ0) is 10.6. The third-order valence-corrected chi connectivity index (χ3v) is 2.42. The lowest BCUT2D eigenvalue weighted by Crippen LogP contribution is -2.37. The van der Waals surface area contributed by atoms with Crippen LogP contribution in [-0.2, 0) is 14.3 Å². The zero-order valence-corrected chi connectivity index (χ0v) is 8.36. The third kappa shape index (κ3) is 2.70. The van der Waals surface area contributed by atoms with Crippen LogP contribution in [0.15, 0.2) is 0 Å². The Hall–Kier alpha value is -1.10. The number of hydrogen-bond donors (Lipinski definition) is 1. The Bertz CT molecular complexity index is 224. The molecular weight excluding hydrogens is 184 g/mol. The van der Waals surface area contributed by atoms with Crippen LogP contribution in [0.25, 0.3) is 0 Å². The van der Waals surface area contributed by atoms with Gasteiger partial charge in [-0.25, -0.2) is 0 Å². The molecule has 1 aliphatic heterocycles. The van der Waals surface area contributed by atoms with Gasteiger partial charge in [0.2, 0.25) is 11.8 Å². The zero-order valence-electron chi connectivity index (χ0n) is 8.36. The number of methoxy groups -OCH3 is 1. The molecule has 2 amide bonds. The van der Waals surface area contributed by atoms with E-state index in [1.165, 1.54) is 7.11 Å². The lowest BCUT2D eigenvalue weighted by Gasteiger charge is -2.17. The summed E-state index contributed by atoms with van der Waals surface area (Å²) in [5, 5.41) is 0. The molecular formula is C9H16N2O3. The minimum Gasteiger partial charge on any atom is -0.371 e. The molecule has 1 rings (SSSR count). The van der Waals surface area contributed by atoms with Crippen LogP contribution in [0.2, 0.25) is 0 Å². The summed E-state index contributed by atoms with van der Waals surface area (Å²) in [6.07, 6.45) is 1.36. The Labute approximate surface area is 83.2 Å². The van der Waals surface area contributed by atoms with Gasteiger partial charge >= 0.3 is 0 Å². The van der Waals surface area contributed by atoms with Gasteiger partial charge in [0.05, 0.1) is 6.42 Å². The number of ether oxygens (including phenoxy) is 1. The van der Waals surface area contributed by atoms with Crippen LogP contribution in [0.5, 0.6) is 0 Å². The molecule has 0 bridgehead atoms. The predicted molar refractivity (Wildman–Crippen MR) is 50.4 cm³/mol. The van der Waals surface area contributed by atoms with Gasteiger partial charge in [-0.1, -0.05) is 0 Å². The van der Waals surface area contributed by atoms with Crippen molar-refractivity contribution in [3.8, 4) is 0 Å². The van der Waals surface area contributed by atoms with Crippen LogP contribution in [0.3, 0.4) is 0 Å². The fraction of sp³-hybridized carbons (Fsp3) is 0.778. The van der Waals surface area contributed by atoms with Crippen molar-refractivity contribution in [3.63, 3.8) is 0 Å². The smallest absolute Gasteiger partial charge is 0.247 e. The first-order valence-corrected chi connectivity index (χ1v) is 4.75. The maximum absolute atomic E-state index is 11.6. The first-order chi connectivity index (χ1) is 6.65. The number of nitrogens with zero attached hydrogens (tertiary/aromatic N) is 1. The Morgan fingerprint density at radius 2 is 2.00 bits per heavy atom. The van der Waals surface area contributed by atoms with Crippen LogP contribution in [-0.4, -0.2) is 43.0 Å². The average molecular weight is 200 g/mol. The van der Waals surface area contributed by atoms with Crippen LogP contribution in [0, 0.1) is 0 Å². The maximum atomic E-state index is 11.6. The summed E-state index contributed by atoms with van der Waals surface area (Å²) in [7, 11) is 1.38. The number of amides is 2. The van der Waals surface area contributed by atoms with Crippen molar-refractivity contribution in [2.24, 2.45) is 5.73 Å². The molecule has 0 saturated carbocycles. The van der Waals surface area contributed by atoms with E-state index in [2.05, 4.69) is 0 Å². The summed E-state index contributed by atoms with van der Waals surface area (Å²) in [5.74, 6) is -0.631. The van der Waals surface area contributed by atoms with Gasteiger partial charge in [0.1, 0.15) is 6.10 Å². The molecule has 1 saturated heterocycles. The lowest BCUT2D eigenvalue weighted by atomic mass is 10.2. The van der Waals surface area contributed by atoms with Crippen molar-refractivity contribution in [2.45, 2.75) is 25.4 Å². The molecule has 0 radical (unpaired) electrons. The molecule has 1 heterocycles. The highest BCUT2D eigenvalue weighted by atomic mass is 16.5. The molecule has 14 heavy (non-hydrogen) atoms. The van der Waals surface area contributed by atoms with Crippen molar-refractivity contribution < 1.29 is 14.3 Å². The Morgan fingerprint density at radius 3 is 2.43 bits per heavy atom. The molecule has 5 nitrogen and oxygen atoms in total. The molecule has 1 aliphatic rings. The second kappa shape index (κ2) is 4.95.